The summed E-state index contributed by atoms with van der Waals surface area (Å²) in [5, 5.41) is 0. The van der Waals surface area contributed by atoms with Gasteiger partial charge in [0.25, 0.3) is 5.56 Å². The van der Waals surface area contributed by atoms with Crippen molar-refractivity contribution in [3.8, 4) is 16.9 Å². The Hall–Kier alpha value is -2.11. The van der Waals surface area contributed by atoms with Gasteiger partial charge in [0.15, 0.2) is 0 Å². The van der Waals surface area contributed by atoms with Crippen molar-refractivity contribution in [2.24, 2.45) is 5.92 Å². The van der Waals surface area contributed by atoms with E-state index in [0.29, 0.717) is 17.9 Å². The van der Waals surface area contributed by atoms with E-state index in [4.69, 9.17) is 9.47 Å². The molecule has 28 heavy (non-hydrogen) atoms. The molecule has 0 N–H and O–H groups in total. The summed E-state index contributed by atoms with van der Waals surface area (Å²) in [6.07, 6.45) is 3.45. The molecule has 5 rings (SSSR count). The molecular formula is C23H28N2O3. The standard InChI is InChI=1S/C23H28N2O3/c1-27-20-4-2-17(3-5-20)21-6-7-22(26)25-14-16-12-18(23(21)25)15-24(13-16)19-8-10-28-11-9-19/h2-7,16,18-19H,8-15H2,1H3. The zero-order chi connectivity index (χ0) is 19.1. The second-order valence-corrected chi connectivity index (χ2v) is 8.41. The lowest BCUT2D eigenvalue weighted by molar-refractivity contribution is 0.00597. The van der Waals surface area contributed by atoms with Crippen LogP contribution in [0, 0.1) is 5.92 Å². The lowest BCUT2D eigenvalue weighted by Gasteiger charge is -2.47. The van der Waals surface area contributed by atoms with Gasteiger partial charge >= 0.3 is 0 Å². The highest BCUT2D eigenvalue weighted by molar-refractivity contribution is 5.67. The average molecular weight is 380 g/mol. The molecule has 3 aliphatic rings. The Balaban J connectivity index is 1.52. The minimum atomic E-state index is 0.140. The number of ether oxygens (including phenoxy) is 2. The molecule has 3 aliphatic heterocycles. The third-order valence-corrected chi connectivity index (χ3v) is 6.73. The molecule has 1 aromatic heterocycles. The molecule has 0 amide bonds. The molecule has 0 spiro atoms. The Morgan fingerprint density at radius 3 is 2.54 bits per heavy atom. The molecule has 0 aliphatic carbocycles. The van der Waals surface area contributed by atoms with E-state index in [9.17, 15) is 4.79 Å². The van der Waals surface area contributed by atoms with E-state index in [2.05, 4.69) is 21.6 Å². The normalized spacial score (nSPS) is 25.3. The molecule has 0 saturated carbocycles. The summed E-state index contributed by atoms with van der Waals surface area (Å²) in [7, 11) is 1.69. The van der Waals surface area contributed by atoms with Crippen LogP contribution in [0.5, 0.6) is 5.75 Å². The lowest BCUT2D eigenvalue weighted by atomic mass is 9.79. The number of hydrogen-bond acceptors (Lipinski definition) is 4. The first-order chi connectivity index (χ1) is 13.7. The number of likely N-dealkylation sites (tertiary alicyclic amines) is 1. The molecule has 2 atom stereocenters. The Labute approximate surface area is 165 Å². The van der Waals surface area contributed by atoms with Gasteiger partial charge in [0, 0.05) is 62.1 Å². The highest BCUT2D eigenvalue weighted by Gasteiger charge is 2.38. The van der Waals surface area contributed by atoms with Crippen LogP contribution in [0.3, 0.4) is 0 Å². The van der Waals surface area contributed by atoms with E-state index >= 15 is 0 Å². The van der Waals surface area contributed by atoms with Crippen LogP contribution in [0.25, 0.3) is 11.1 Å². The van der Waals surface area contributed by atoms with Gasteiger partial charge in [-0.2, -0.15) is 0 Å². The molecule has 2 fully saturated rings. The van der Waals surface area contributed by atoms with Crippen LogP contribution in [0.4, 0.5) is 0 Å². The monoisotopic (exact) mass is 380 g/mol. The largest absolute Gasteiger partial charge is 0.497 e. The van der Waals surface area contributed by atoms with E-state index < -0.39 is 0 Å². The summed E-state index contributed by atoms with van der Waals surface area (Å²) in [5.41, 5.74) is 3.72. The fourth-order valence-corrected chi connectivity index (χ4v) is 5.42. The van der Waals surface area contributed by atoms with Crippen LogP contribution in [0.15, 0.2) is 41.2 Å². The first-order valence-electron chi connectivity index (χ1n) is 10.4. The number of rotatable bonds is 3. The molecule has 5 nitrogen and oxygen atoms in total. The summed E-state index contributed by atoms with van der Waals surface area (Å²) in [5.74, 6) is 1.84. The molecule has 2 unspecified atom stereocenters. The first kappa shape index (κ1) is 18.0. The molecule has 2 aromatic rings. The quantitative estimate of drug-likeness (QED) is 0.821. The summed E-state index contributed by atoms with van der Waals surface area (Å²) >= 11 is 0. The Bertz CT molecular complexity index is 899. The fraction of sp³-hybridized carbons (Fsp3) is 0.522. The second kappa shape index (κ2) is 7.37. The molecule has 148 valence electrons. The van der Waals surface area contributed by atoms with Crippen molar-refractivity contribution in [2.75, 3.05) is 33.4 Å². The second-order valence-electron chi connectivity index (χ2n) is 8.41. The summed E-state index contributed by atoms with van der Waals surface area (Å²) < 4.78 is 12.9. The molecule has 4 heterocycles. The van der Waals surface area contributed by atoms with Crippen molar-refractivity contribution < 1.29 is 9.47 Å². The van der Waals surface area contributed by atoms with Crippen LogP contribution in [0.2, 0.25) is 0 Å². The maximum Gasteiger partial charge on any atom is 0.250 e. The predicted molar refractivity (Wildman–Crippen MR) is 109 cm³/mol. The van der Waals surface area contributed by atoms with E-state index in [1.165, 1.54) is 17.7 Å². The number of pyridine rings is 1. The van der Waals surface area contributed by atoms with E-state index in [1.807, 2.05) is 18.2 Å². The van der Waals surface area contributed by atoms with Crippen molar-refractivity contribution >= 4 is 0 Å². The van der Waals surface area contributed by atoms with Gasteiger partial charge in [-0.05, 0) is 48.9 Å². The van der Waals surface area contributed by atoms with Crippen molar-refractivity contribution in [3.63, 3.8) is 0 Å². The third kappa shape index (κ3) is 3.16. The van der Waals surface area contributed by atoms with Crippen molar-refractivity contribution in [2.45, 2.75) is 37.8 Å². The van der Waals surface area contributed by atoms with E-state index in [1.54, 1.807) is 13.2 Å². The summed E-state index contributed by atoms with van der Waals surface area (Å²) in [6, 6.07) is 12.6. The Morgan fingerprint density at radius 1 is 1.00 bits per heavy atom. The Kier molecular flexibility index (Phi) is 4.73. The highest BCUT2D eigenvalue weighted by Crippen LogP contribution is 2.41. The zero-order valence-electron chi connectivity index (χ0n) is 16.5. The van der Waals surface area contributed by atoms with E-state index in [-0.39, 0.29) is 5.56 Å². The van der Waals surface area contributed by atoms with Crippen molar-refractivity contribution in [1.82, 2.24) is 9.47 Å². The van der Waals surface area contributed by atoms with Crippen LogP contribution in [0.1, 0.15) is 30.9 Å². The molecule has 2 bridgehead atoms. The number of aromatic nitrogens is 1. The molecule has 0 radical (unpaired) electrons. The van der Waals surface area contributed by atoms with E-state index in [0.717, 1.165) is 57.0 Å². The summed E-state index contributed by atoms with van der Waals surface area (Å²) in [6.45, 7) is 4.76. The number of methoxy groups -OCH3 is 1. The van der Waals surface area contributed by atoms with Gasteiger partial charge in [-0.1, -0.05) is 12.1 Å². The topological polar surface area (TPSA) is 43.7 Å². The summed E-state index contributed by atoms with van der Waals surface area (Å²) in [4.78, 5) is 15.4. The highest BCUT2D eigenvalue weighted by atomic mass is 16.5. The van der Waals surface area contributed by atoms with Gasteiger partial charge in [0.2, 0.25) is 0 Å². The number of hydrogen-bond donors (Lipinski definition) is 0. The lowest BCUT2D eigenvalue weighted by Crippen LogP contribution is -2.51. The number of benzene rings is 1. The van der Waals surface area contributed by atoms with Crippen LogP contribution in [-0.2, 0) is 11.3 Å². The van der Waals surface area contributed by atoms with Gasteiger partial charge in [-0.25, -0.2) is 0 Å². The third-order valence-electron chi connectivity index (χ3n) is 6.73. The fourth-order valence-electron chi connectivity index (χ4n) is 5.42. The maximum atomic E-state index is 12.7. The number of nitrogens with zero attached hydrogens (tertiary/aromatic N) is 2. The predicted octanol–water partition coefficient (Wildman–Crippen LogP) is 3.12. The van der Waals surface area contributed by atoms with Gasteiger partial charge < -0.3 is 14.0 Å². The minimum Gasteiger partial charge on any atom is -0.497 e. The van der Waals surface area contributed by atoms with Crippen LogP contribution in [-0.4, -0.2) is 48.9 Å². The van der Waals surface area contributed by atoms with Crippen LogP contribution >= 0.6 is 0 Å². The van der Waals surface area contributed by atoms with Gasteiger partial charge in [0.05, 0.1) is 7.11 Å². The van der Waals surface area contributed by atoms with Crippen LogP contribution < -0.4 is 10.3 Å². The first-order valence-corrected chi connectivity index (χ1v) is 10.4. The molecule has 2 saturated heterocycles. The van der Waals surface area contributed by atoms with Gasteiger partial charge in [0.1, 0.15) is 5.75 Å². The SMILES string of the molecule is COc1ccc(-c2ccc(=O)n3c2C2CC(CN(C4CCOCC4)C2)C3)cc1. The Morgan fingerprint density at radius 2 is 1.79 bits per heavy atom. The smallest absolute Gasteiger partial charge is 0.250 e. The number of fused-ring (bicyclic) bond motifs is 4. The number of piperidine rings is 1. The average Bonchev–Trinajstić information content (AvgIpc) is 2.75. The van der Waals surface area contributed by atoms with Crippen molar-refractivity contribution in [3.05, 3.63) is 52.4 Å². The van der Waals surface area contributed by atoms with Gasteiger partial charge in [-0.15, -0.1) is 0 Å². The molecular weight excluding hydrogens is 352 g/mol. The van der Waals surface area contributed by atoms with Crippen molar-refractivity contribution in [1.29, 1.82) is 0 Å². The molecule has 5 heteroatoms. The van der Waals surface area contributed by atoms with Gasteiger partial charge in [-0.3, -0.25) is 9.69 Å². The molecule has 1 aromatic carbocycles. The minimum absolute atomic E-state index is 0.140. The zero-order valence-corrected chi connectivity index (χ0v) is 16.5. The maximum absolute atomic E-state index is 12.7.